The van der Waals surface area contributed by atoms with Crippen LogP contribution in [0.2, 0.25) is 10.2 Å². The van der Waals surface area contributed by atoms with Crippen molar-refractivity contribution >= 4 is 41.2 Å². The molecule has 1 atom stereocenters. The molecule has 0 spiro atoms. The highest BCUT2D eigenvalue weighted by Gasteiger charge is 2.29. The number of cyclic esters (lactones) is 1. The smallest absolute Gasteiger partial charge is 0.347 e. The molecule has 0 amide bonds. The molecule has 1 aliphatic rings. The number of nitrogens with zero attached hydrogens (tertiary/aromatic N) is 2. The Morgan fingerprint density at radius 3 is 2.77 bits per heavy atom. The number of hydrogen-bond acceptors (Lipinski definition) is 5. The molecule has 0 saturated carbocycles. The molecule has 1 saturated heterocycles. The first-order valence-corrected chi connectivity index (χ1v) is 8.72. The molecule has 136 valence electrons. The number of benzene rings is 1. The number of aromatic nitrogens is 2. The molecule has 0 radical (unpaired) electrons. The molecule has 0 unspecified atom stereocenters. The fourth-order valence-corrected chi connectivity index (χ4v) is 2.96. The fourth-order valence-electron chi connectivity index (χ4n) is 2.54. The average molecular weight is 395 g/mol. The summed E-state index contributed by atoms with van der Waals surface area (Å²) in [4.78, 5) is 23.2. The summed E-state index contributed by atoms with van der Waals surface area (Å²) < 4.78 is 11.4. The van der Waals surface area contributed by atoms with Gasteiger partial charge in [-0.2, -0.15) is 5.10 Å². The lowest BCUT2D eigenvalue weighted by molar-refractivity contribution is -0.156. The molecule has 0 bridgehead atoms. The van der Waals surface area contributed by atoms with Gasteiger partial charge in [0.05, 0.1) is 18.8 Å². The number of ether oxygens (including phenoxy) is 2. The van der Waals surface area contributed by atoms with Gasteiger partial charge in [-0.1, -0.05) is 35.3 Å². The van der Waals surface area contributed by atoms with E-state index in [0.29, 0.717) is 34.4 Å². The molecule has 1 aromatic carbocycles. The van der Waals surface area contributed by atoms with Crippen molar-refractivity contribution in [3.05, 3.63) is 57.3 Å². The summed E-state index contributed by atoms with van der Waals surface area (Å²) in [7, 11) is 0. The van der Waals surface area contributed by atoms with E-state index in [2.05, 4.69) is 5.10 Å². The van der Waals surface area contributed by atoms with Gasteiger partial charge in [-0.25, -0.2) is 14.3 Å². The first kappa shape index (κ1) is 18.5. The molecule has 6 nitrogen and oxygen atoms in total. The van der Waals surface area contributed by atoms with E-state index in [1.165, 1.54) is 12.2 Å². The molecule has 8 heteroatoms. The quantitative estimate of drug-likeness (QED) is 0.573. The molecule has 1 aromatic heterocycles. The molecule has 0 aliphatic carbocycles. The minimum absolute atomic E-state index is 0.267. The summed E-state index contributed by atoms with van der Waals surface area (Å²) in [5, 5.41) is 5.46. The molecule has 2 aromatic rings. The van der Waals surface area contributed by atoms with Crippen LogP contribution in [0.25, 0.3) is 6.08 Å². The summed E-state index contributed by atoms with van der Waals surface area (Å²) in [6.45, 7) is 2.54. The summed E-state index contributed by atoms with van der Waals surface area (Å²) in [5.74, 6) is -1.15. The van der Waals surface area contributed by atoms with E-state index in [1.54, 1.807) is 23.7 Å². The van der Waals surface area contributed by atoms with Crippen molar-refractivity contribution in [1.29, 1.82) is 0 Å². The largest absolute Gasteiger partial charge is 0.463 e. The van der Waals surface area contributed by atoms with Crippen LogP contribution in [0, 0.1) is 6.92 Å². The Morgan fingerprint density at radius 1 is 1.38 bits per heavy atom. The van der Waals surface area contributed by atoms with Crippen LogP contribution in [-0.4, -0.2) is 34.4 Å². The van der Waals surface area contributed by atoms with Crippen molar-refractivity contribution in [1.82, 2.24) is 9.78 Å². The van der Waals surface area contributed by atoms with Gasteiger partial charge in [-0.15, -0.1) is 0 Å². The van der Waals surface area contributed by atoms with Crippen molar-refractivity contribution in [3.8, 4) is 0 Å². The van der Waals surface area contributed by atoms with Gasteiger partial charge in [-0.3, -0.25) is 0 Å². The van der Waals surface area contributed by atoms with E-state index in [-0.39, 0.29) is 6.61 Å². The fraction of sp³-hybridized carbons (Fsp3) is 0.278. The maximum absolute atomic E-state index is 11.9. The number of carbonyl (C=O) groups is 2. The van der Waals surface area contributed by atoms with Crippen LogP contribution in [0.5, 0.6) is 0 Å². The monoisotopic (exact) mass is 394 g/mol. The molecule has 0 N–H and O–H groups in total. The van der Waals surface area contributed by atoms with Crippen LogP contribution in [-0.2, 0) is 25.6 Å². The van der Waals surface area contributed by atoms with Gasteiger partial charge < -0.3 is 9.47 Å². The Hall–Kier alpha value is -2.31. The highest BCUT2D eigenvalue weighted by molar-refractivity contribution is 6.31. The third-order valence-electron chi connectivity index (χ3n) is 3.89. The van der Waals surface area contributed by atoms with E-state index in [0.717, 1.165) is 5.56 Å². The maximum Gasteiger partial charge on any atom is 0.347 e. The number of esters is 2. The number of carbonyl (C=O) groups excluding carboxylic acids is 2. The number of hydrogen-bond donors (Lipinski definition) is 0. The molecule has 1 fully saturated rings. The van der Waals surface area contributed by atoms with Crippen LogP contribution in [0.4, 0.5) is 0 Å². The minimum atomic E-state index is -0.837. The Labute approximate surface area is 160 Å². The van der Waals surface area contributed by atoms with E-state index < -0.39 is 18.0 Å². The highest BCUT2D eigenvalue weighted by atomic mass is 35.5. The number of rotatable bonds is 5. The van der Waals surface area contributed by atoms with Gasteiger partial charge in [0.1, 0.15) is 5.15 Å². The lowest BCUT2D eigenvalue weighted by atomic mass is 10.2. The van der Waals surface area contributed by atoms with Gasteiger partial charge in [0.25, 0.3) is 0 Å². The Kier molecular flexibility index (Phi) is 5.64. The molecular formula is C18H16Cl2N2O4. The standard InChI is InChI=1S/C18H16Cl2N2O4/c1-11-14(6-7-16(23)26-15-8-9-25-18(15)24)17(20)22(21-11)10-12-2-4-13(19)5-3-12/h2-7,15H,8-10H2,1H3/b7-6+/t15-/m0/s1. The van der Waals surface area contributed by atoms with Gasteiger partial charge >= 0.3 is 11.9 Å². The third-order valence-corrected chi connectivity index (χ3v) is 4.54. The summed E-state index contributed by atoms with van der Waals surface area (Å²) in [5.41, 5.74) is 2.29. The second kappa shape index (κ2) is 7.93. The van der Waals surface area contributed by atoms with Gasteiger partial charge in [0.2, 0.25) is 6.10 Å². The minimum Gasteiger partial charge on any atom is -0.463 e. The maximum atomic E-state index is 11.9. The van der Waals surface area contributed by atoms with Gasteiger partial charge in [-0.05, 0) is 30.7 Å². The van der Waals surface area contributed by atoms with Crippen molar-refractivity contribution in [3.63, 3.8) is 0 Å². The lowest BCUT2D eigenvalue weighted by Crippen LogP contribution is -2.21. The topological polar surface area (TPSA) is 70.4 Å². The SMILES string of the molecule is Cc1nn(Cc2ccc(Cl)cc2)c(Cl)c1/C=C/C(=O)O[C@H]1CCOC1=O. The first-order valence-electron chi connectivity index (χ1n) is 7.96. The van der Waals surface area contributed by atoms with Crippen molar-refractivity contribution in [2.24, 2.45) is 0 Å². The predicted octanol–water partition coefficient (Wildman–Crippen LogP) is 3.42. The van der Waals surface area contributed by atoms with Crippen molar-refractivity contribution in [2.75, 3.05) is 6.61 Å². The van der Waals surface area contributed by atoms with Crippen molar-refractivity contribution < 1.29 is 19.1 Å². The highest BCUT2D eigenvalue weighted by Crippen LogP contribution is 2.23. The Bertz CT molecular complexity index is 859. The molecular weight excluding hydrogens is 379 g/mol. The second-order valence-corrected chi connectivity index (χ2v) is 6.58. The van der Waals surface area contributed by atoms with E-state index in [4.69, 9.17) is 32.7 Å². The normalized spacial score (nSPS) is 16.9. The van der Waals surface area contributed by atoms with E-state index in [1.807, 2.05) is 12.1 Å². The molecule has 3 rings (SSSR count). The summed E-state index contributed by atoms with van der Waals surface area (Å²) in [6.07, 6.45) is 2.30. The van der Waals surface area contributed by atoms with E-state index >= 15 is 0 Å². The Balaban J connectivity index is 1.70. The first-order chi connectivity index (χ1) is 12.4. The lowest BCUT2D eigenvalue weighted by Gasteiger charge is -2.05. The zero-order valence-corrected chi connectivity index (χ0v) is 15.5. The van der Waals surface area contributed by atoms with Gasteiger partial charge in [0, 0.05) is 23.1 Å². The zero-order valence-electron chi connectivity index (χ0n) is 13.9. The molecule has 26 heavy (non-hydrogen) atoms. The Morgan fingerprint density at radius 2 is 2.12 bits per heavy atom. The van der Waals surface area contributed by atoms with Crippen LogP contribution < -0.4 is 0 Å². The zero-order chi connectivity index (χ0) is 18.7. The number of halogens is 2. The second-order valence-electron chi connectivity index (χ2n) is 5.79. The average Bonchev–Trinajstić information content (AvgIpc) is 3.12. The van der Waals surface area contributed by atoms with Crippen molar-refractivity contribution in [2.45, 2.75) is 26.0 Å². The van der Waals surface area contributed by atoms with Gasteiger partial charge in [0.15, 0.2) is 0 Å². The third kappa shape index (κ3) is 4.26. The summed E-state index contributed by atoms with van der Waals surface area (Å²) in [6, 6.07) is 7.38. The van der Waals surface area contributed by atoms with Crippen LogP contribution in [0.1, 0.15) is 23.2 Å². The van der Waals surface area contributed by atoms with E-state index in [9.17, 15) is 9.59 Å². The predicted molar refractivity (Wildman–Crippen MR) is 97.0 cm³/mol. The molecule has 1 aliphatic heterocycles. The summed E-state index contributed by atoms with van der Waals surface area (Å²) >= 11 is 12.3. The molecule has 2 heterocycles. The number of aryl methyl sites for hydroxylation is 1. The van der Waals surface area contributed by atoms with Crippen LogP contribution in [0.3, 0.4) is 0 Å². The van der Waals surface area contributed by atoms with Crippen LogP contribution in [0.15, 0.2) is 30.3 Å². The van der Waals surface area contributed by atoms with Crippen LogP contribution >= 0.6 is 23.2 Å².